The van der Waals surface area contributed by atoms with Gasteiger partial charge in [-0.3, -0.25) is 0 Å². The van der Waals surface area contributed by atoms with Crippen molar-refractivity contribution in [2.24, 2.45) is 0 Å². The van der Waals surface area contributed by atoms with Crippen molar-refractivity contribution >= 4 is 80.1 Å². The van der Waals surface area contributed by atoms with Gasteiger partial charge in [0.25, 0.3) is 0 Å². The average Bonchev–Trinajstić information content (AvgIpc) is 3.65. The van der Waals surface area contributed by atoms with Crippen molar-refractivity contribution in [3.63, 3.8) is 0 Å². The molecule has 1 nitrogen and oxygen atoms in total. The van der Waals surface area contributed by atoms with Gasteiger partial charge in [-0.15, -0.1) is 0 Å². The van der Waals surface area contributed by atoms with Crippen LogP contribution in [0.3, 0.4) is 0 Å². The molecule has 0 aliphatic heterocycles. The van der Waals surface area contributed by atoms with E-state index in [9.17, 15) is 0 Å². The van der Waals surface area contributed by atoms with E-state index in [1.54, 1.807) is 0 Å². The Morgan fingerprint density at radius 1 is 0.260 bits per heavy atom. The Morgan fingerprint density at radius 2 is 0.662 bits per heavy atom. The third-order valence-corrected chi connectivity index (χ3v) is 22.9. The number of rotatable bonds is 10. The molecule has 14 aromatic carbocycles. The summed E-state index contributed by atoms with van der Waals surface area (Å²) in [5.74, 6) is 0. The lowest BCUT2D eigenvalue weighted by Crippen LogP contribution is -2.20. The maximum absolute atomic E-state index is 3.34. The number of benzene rings is 14. The summed E-state index contributed by atoms with van der Waals surface area (Å²) in [7, 11) is -3.34. The van der Waals surface area contributed by atoms with Crippen molar-refractivity contribution in [1.29, 1.82) is 0 Å². The summed E-state index contributed by atoms with van der Waals surface area (Å²) in [6.07, 6.45) is 2.55. The summed E-state index contributed by atoms with van der Waals surface area (Å²) >= 11 is 0. The molecule has 14 rings (SSSR count). The van der Waals surface area contributed by atoms with Crippen LogP contribution in [0.25, 0.3) is 87.2 Å². The van der Waals surface area contributed by atoms with Crippen LogP contribution in [0.15, 0.2) is 329 Å². The highest BCUT2D eigenvalue weighted by Gasteiger charge is 2.44. The van der Waals surface area contributed by atoms with Gasteiger partial charge >= 0.3 is 0 Å². The van der Waals surface area contributed by atoms with Crippen molar-refractivity contribution in [1.82, 2.24) is 0 Å². The van der Waals surface area contributed by atoms with Gasteiger partial charge in [0.2, 0.25) is 0 Å². The van der Waals surface area contributed by atoms with E-state index in [4.69, 9.17) is 0 Å². The lowest BCUT2D eigenvalue weighted by molar-refractivity contribution is 1.19. The highest BCUT2D eigenvalue weighted by molar-refractivity contribution is 8.49. The Morgan fingerprint density at radius 3 is 1.22 bits per heavy atom. The molecular formula is C75H55NS. The van der Waals surface area contributed by atoms with E-state index in [0.717, 1.165) is 17.1 Å². The highest BCUT2D eigenvalue weighted by atomic mass is 32.3. The second-order valence-corrected chi connectivity index (χ2v) is 25.8. The molecule has 0 radical (unpaired) electrons. The molecule has 0 saturated heterocycles. The van der Waals surface area contributed by atoms with E-state index in [0.29, 0.717) is 0 Å². The fraction of sp³-hybridized carbons (Fsp3) is 0.0133. The zero-order valence-corrected chi connectivity index (χ0v) is 43.7. The van der Waals surface area contributed by atoms with Gasteiger partial charge in [0.05, 0.1) is 5.69 Å². The molecule has 0 aromatic heterocycles. The number of hydrogen-bond acceptors (Lipinski definition) is 1. The molecule has 0 amide bonds. The summed E-state index contributed by atoms with van der Waals surface area (Å²) in [6.45, 7) is 0. The van der Waals surface area contributed by atoms with E-state index in [1.165, 1.54) is 107 Å². The van der Waals surface area contributed by atoms with E-state index >= 15 is 0 Å². The van der Waals surface area contributed by atoms with Gasteiger partial charge in [0.1, 0.15) is 0 Å². The highest BCUT2D eigenvalue weighted by Crippen LogP contribution is 2.87. The van der Waals surface area contributed by atoms with Crippen LogP contribution in [-0.2, 0) is 0 Å². The number of hydrogen-bond donors (Lipinski definition) is 1. The summed E-state index contributed by atoms with van der Waals surface area (Å²) in [6, 6.07) is 115. The monoisotopic (exact) mass is 1000 g/mol. The van der Waals surface area contributed by atoms with Crippen LogP contribution in [0.4, 0.5) is 17.1 Å². The predicted molar refractivity (Wildman–Crippen MR) is 332 cm³/mol. The Balaban J connectivity index is 1.08. The first-order chi connectivity index (χ1) is 38.1. The van der Waals surface area contributed by atoms with Gasteiger partial charge in [0, 0.05) is 16.8 Å². The van der Waals surface area contributed by atoms with Crippen LogP contribution in [0.1, 0.15) is 0 Å². The molecule has 14 aromatic rings. The molecule has 0 fully saturated rings. The van der Waals surface area contributed by atoms with Gasteiger partial charge in [-0.05, 0) is 156 Å². The fourth-order valence-electron chi connectivity index (χ4n) is 12.8. The van der Waals surface area contributed by atoms with Crippen LogP contribution in [0.2, 0.25) is 0 Å². The van der Waals surface area contributed by atoms with Crippen molar-refractivity contribution < 1.29 is 0 Å². The third kappa shape index (κ3) is 7.32. The quantitative estimate of drug-likeness (QED) is 0.106. The molecule has 0 heterocycles. The minimum atomic E-state index is -3.34. The van der Waals surface area contributed by atoms with Gasteiger partial charge in [0.15, 0.2) is 0 Å². The molecule has 0 bridgehead atoms. The smallest absolute Gasteiger partial charge is 0.0546 e. The third-order valence-electron chi connectivity index (χ3n) is 16.5. The van der Waals surface area contributed by atoms with Crippen LogP contribution >= 0.6 is 9.16 Å². The van der Waals surface area contributed by atoms with Crippen LogP contribution in [0.5, 0.6) is 0 Å². The molecule has 0 N–H and O–H groups in total. The molecule has 0 aliphatic rings. The Hall–Kier alpha value is -9.47. The predicted octanol–water partition coefficient (Wildman–Crippen LogP) is 21.2. The van der Waals surface area contributed by atoms with Crippen LogP contribution in [0, 0.1) is 0 Å². The van der Waals surface area contributed by atoms with Gasteiger partial charge in [-0.2, -0.15) is 0 Å². The molecule has 0 spiro atoms. The maximum atomic E-state index is 2.55. The van der Waals surface area contributed by atoms with Crippen LogP contribution in [-0.4, -0.2) is 6.26 Å². The Bertz CT molecular complexity index is 4390. The average molecular weight is 1000 g/mol. The van der Waals surface area contributed by atoms with Gasteiger partial charge in [-0.25, -0.2) is 9.16 Å². The second kappa shape index (κ2) is 18.7. The minimum Gasteiger partial charge on any atom is -0.310 e. The zero-order valence-electron chi connectivity index (χ0n) is 42.8. The summed E-state index contributed by atoms with van der Waals surface area (Å²) in [5.41, 5.74) is 10.5. The number of anilines is 3. The summed E-state index contributed by atoms with van der Waals surface area (Å²) in [4.78, 5) is 7.81. The fourth-order valence-corrected chi connectivity index (χ4v) is 18.2. The first-order valence-corrected chi connectivity index (χ1v) is 29.4. The van der Waals surface area contributed by atoms with E-state index in [2.05, 4.69) is 321 Å². The second-order valence-electron chi connectivity index (χ2n) is 20.6. The lowest BCUT2D eigenvalue weighted by atomic mass is 9.81. The maximum Gasteiger partial charge on any atom is 0.0546 e. The standard InChI is InChI=1S/C75H55NS/c1-77(59-33-14-5-15-34-59,60-35-16-6-17-36-60,61-37-18-7-19-38-61)62-47-44-57(45-48-62)76(72-50-56-32-20-21-39-63(56)64-40-22-24-42-66(64)72)58-46-49-68-71(51-58)65-41-23-25-43-67(65)74-70(54-28-10-3-11-29-54)52-69(53-26-8-2-9-27-53)73(75(68)74)55-30-12-4-13-31-55/h2-52,77H,1H3. The first-order valence-electron chi connectivity index (χ1n) is 26.7. The largest absolute Gasteiger partial charge is 0.310 e. The molecule has 77 heavy (non-hydrogen) atoms. The SMILES string of the molecule is C[SH](c1ccccc1)(c1ccccc1)(c1ccccc1)c1ccc(N(c2ccc3c(c2)c2ccccc2c2c(-c4ccccc4)cc(-c4ccccc4)c(-c4ccccc4)c32)c2cc3ccccc3c3ccccc23)cc1. The van der Waals surface area contributed by atoms with Crippen molar-refractivity contribution in [3.05, 3.63) is 309 Å². The lowest BCUT2D eigenvalue weighted by Gasteiger charge is -2.60. The van der Waals surface area contributed by atoms with Crippen LogP contribution < -0.4 is 4.90 Å². The molecular weight excluding hydrogens is 947 g/mol. The van der Waals surface area contributed by atoms with Crippen molar-refractivity contribution in [2.75, 3.05) is 11.2 Å². The molecule has 366 valence electrons. The van der Waals surface area contributed by atoms with Crippen molar-refractivity contribution in [2.45, 2.75) is 19.6 Å². The number of nitrogens with zero attached hydrogens (tertiary/aromatic N) is 1. The Kier molecular flexibility index (Phi) is 11.2. The molecule has 0 unspecified atom stereocenters. The summed E-state index contributed by atoms with van der Waals surface area (Å²) in [5, 5.41) is 12.2. The van der Waals surface area contributed by atoms with E-state index in [1.807, 2.05) is 0 Å². The molecule has 2 heteroatoms. The topological polar surface area (TPSA) is 3.24 Å². The normalized spacial score (nSPS) is 12.2. The first kappa shape index (κ1) is 46.1. The van der Waals surface area contributed by atoms with Gasteiger partial charge < -0.3 is 4.90 Å². The minimum absolute atomic E-state index is 1.08. The summed E-state index contributed by atoms with van der Waals surface area (Å²) < 4.78 is 0. The number of fused-ring (bicyclic) bond motifs is 9. The molecule has 0 saturated carbocycles. The number of thiol groups is 1. The molecule has 0 aliphatic carbocycles. The van der Waals surface area contributed by atoms with E-state index < -0.39 is 9.16 Å². The molecule has 0 atom stereocenters. The van der Waals surface area contributed by atoms with E-state index in [-0.39, 0.29) is 0 Å². The Labute approximate surface area is 450 Å². The van der Waals surface area contributed by atoms with Gasteiger partial charge in [-0.1, -0.05) is 261 Å². The zero-order chi connectivity index (χ0) is 51.4. The van der Waals surface area contributed by atoms with Crippen molar-refractivity contribution in [3.8, 4) is 33.4 Å².